The molecule has 0 aromatic heterocycles. The molecule has 0 saturated carbocycles. The topological polar surface area (TPSA) is 85.2 Å². The van der Waals surface area contributed by atoms with Crippen LogP contribution in [0.3, 0.4) is 0 Å². The van der Waals surface area contributed by atoms with E-state index in [4.69, 9.17) is 0 Å². The number of aryl methyl sites for hydroxylation is 1. The normalized spacial score (nSPS) is 11.1. The standard InChI is InChI=1S/C24H23N3O2/c1-2-3-6-17-11-13-19(14-12-17)27-24(29)18(15-25)16-26-22-9-4-8-21-20(22)7-5-10-23(21)28/h4-5,7-14,16,26,28H,2-3,6H2,1H3,(H,27,29)/b18-16-. The molecule has 3 aromatic carbocycles. The molecule has 1 amide bonds. The van der Waals surface area contributed by atoms with Gasteiger partial charge in [0, 0.05) is 28.3 Å². The number of hydrogen-bond acceptors (Lipinski definition) is 4. The predicted molar refractivity (Wildman–Crippen MR) is 117 cm³/mol. The zero-order valence-corrected chi connectivity index (χ0v) is 16.3. The van der Waals surface area contributed by atoms with E-state index in [1.807, 2.05) is 48.5 Å². The van der Waals surface area contributed by atoms with Gasteiger partial charge in [0.15, 0.2) is 0 Å². The minimum atomic E-state index is -0.482. The molecule has 0 heterocycles. The summed E-state index contributed by atoms with van der Waals surface area (Å²) in [5, 5.41) is 26.6. The number of carbonyl (C=O) groups is 1. The van der Waals surface area contributed by atoms with Gasteiger partial charge in [-0.2, -0.15) is 5.26 Å². The van der Waals surface area contributed by atoms with E-state index in [-0.39, 0.29) is 11.3 Å². The quantitative estimate of drug-likeness (QED) is 0.378. The lowest BCUT2D eigenvalue weighted by Crippen LogP contribution is -2.14. The number of carbonyl (C=O) groups excluding carboxylic acids is 1. The van der Waals surface area contributed by atoms with Gasteiger partial charge in [0.25, 0.3) is 5.91 Å². The van der Waals surface area contributed by atoms with E-state index in [1.165, 1.54) is 11.8 Å². The number of anilines is 2. The van der Waals surface area contributed by atoms with Gasteiger partial charge in [0.1, 0.15) is 17.4 Å². The Morgan fingerprint density at radius 3 is 2.52 bits per heavy atom. The van der Waals surface area contributed by atoms with Crippen LogP contribution in [0.1, 0.15) is 25.3 Å². The number of phenols is 1. The number of unbranched alkanes of at least 4 members (excludes halogenated alkanes) is 1. The minimum absolute atomic E-state index is 0.0442. The highest BCUT2D eigenvalue weighted by molar-refractivity contribution is 6.07. The summed E-state index contributed by atoms with van der Waals surface area (Å²) in [6.45, 7) is 2.15. The summed E-state index contributed by atoms with van der Waals surface area (Å²) < 4.78 is 0. The van der Waals surface area contributed by atoms with Crippen LogP contribution in [0.2, 0.25) is 0 Å². The largest absolute Gasteiger partial charge is 0.507 e. The van der Waals surface area contributed by atoms with Crippen LogP contribution in [0, 0.1) is 11.3 Å². The molecule has 0 atom stereocenters. The van der Waals surface area contributed by atoms with Crippen molar-refractivity contribution in [2.75, 3.05) is 10.6 Å². The van der Waals surface area contributed by atoms with E-state index in [0.29, 0.717) is 16.8 Å². The van der Waals surface area contributed by atoms with Crippen LogP contribution in [0.25, 0.3) is 10.8 Å². The maximum absolute atomic E-state index is 12.5. The van der Waals surface area contributed by atoms with E-state index in [2.05, 4.69) is 17.6 Å². The van der Waals surface area contributed by atoms with Crippen molar-refractivity contribution >= 4 is 28.1 Å². The van der Waals surface area contributed by atoms with E-state index >= 15 is 0 Å². The molecule has 0 saturated heterocycles. The Bertz CT molecular complexity index is 1080. The number of nitriles is 1. The zero-order chi connectivity index (χ0) is 20.6. The van der Waals surface area contributed by atoms with Gasteiger partial charge in [-0.15, -0.1) is 0 Å². The smallest absolute Gasteiger partial charge is 0.267 e. The Hall–Kier alpha value is -3.78. The van der Waals surface area contributed by atoms with Crippen LogP contribution in [-0.2, 0) is 11.2 Å². The second kappa shape index (κ2) is 9.43. The van der Waals surface area contributed by atoms with Gasteiger partial charge in [-0.1, -0.05) is 49.7 Å². The van der Waals surface area contributed by atoms with Crippen LogP contribution in [0.5, 0.6) is 5.75 Å². The fourth-order valence-corrected chi connectivity index (χ4v) is 3.05. The van der Waals surface area contributed by atoms with Crippen molar-refractivity contribution in [1.29, 1.82) is 5.26 Å². The molecule has 3 aromatic rings. The fraction of sp³-hybridized carbons (Fsp3) is 0.167. The SMILES string of the molecule is CCCCc1ccc(NC(=O)/C(C#N)=C\Nc2cccc3c(O)cccc23)cc1. The summed E-state index contributed by atoms with van der Waals surface area (Å²) in [5.74, 6) is -0.305. The molecule has 5 nitrogen and oxygen atoms in total. The Morgan fingerprint density at radius 1 is 1.07 bits per heavy atom. The summed E-state index contributed by atoms with van der Waals surface area (Å²) in [5.41, 5.74) is 2.52. The highest BCUT2D eigenvalue weighted by Crippen LogP contribution is 2.29. The molecule has 0 radical (unpaired) electrons. The molecule has 29 heavy (non-hydrogen) atoms. The molecule has 0 bridgehead atoms. The highest BCUT2D eigenvalue weighted by atomic mass is 16.3. The molecular weight excluding hydrogens is 362 g/mol. The monoisotopic (exact) mass is 385 g/mol. The molecule has 3 N–H and O–H groups in total. The maximum Gasteiger partial charge on any atom is 0.267 e. The first-order valence-corrected chi connectivity index (χ1v) is 9.60. The van der Waals surface area contributed by atoms with Gasteiger partial charge in [0.2, 0.25) is 0 Å². The summed E-state index contributed by atoms with van der Waals surface area (Å²) >= 11 is 0. The van der Waals surface area contributed by atoms with Crippen molar-refractivity contribution in [2.45, 2.75) is 26.2 Å². The lowest BCUT2D eigenvalue weighted by Gasteiger charge is -2.09. The van der Waals surface area contributed by atoms with Gasteiger partial charge in [-0.25, -0.2) is 0 Å². The summed E-state index contributed by atoms with van der Waals surface area (Å²) in [4.78, 5) is 12.5. The fourth-order valence-electron chi connectivity index (χ4n) is 3.05. The number of nitrogens with one attached hydrogen (secondary N) is 2. The molecule has 0 unspecified atom stereocenters. The van der Waals surface area contributed by atoms with Crippen molar-refractivity contribution in [2.24, 2.45) is 0 Å². The summed E-state index contributed by atoms with van der Waals surface area (Å²) in [6.07, 6.45) is 4.66. The molecule has 5 heteroatoms. The minimum Gasteiger partial charge on any atom is -0.507 e. The van der Waals surface area contributed by atoms with E-state index < -0.39 is 5.91 Å². The number of fused-ring (bicyclic) bond motifs is 1. The van der Waals surface area contributed by atoms with Crippen molar-refractivity contribution in [1.82, 2.24) is 0 Å². The summed E-state index contributed by atoms with van der Waals surface area (Å²) in [7, 11) is 0. The lowest BCUT2D eigenvalue weighted by atomic mass is 10.1. The third kappa shape index (κ3) is 4.94. The Kier molecular flexibility index (Phi) is 6.49. The second-order valence-electron chi connectivity index (χ2n) is 6.75. The molecule has 146 valence electrons. The molecule has 0 aliphatic rings. The first kappa shape index (κ1) is 20.0. The molecule has 0 fully saturated rings. The van der Waals surface area contributed by atoms with E-state index in [0.717, 1.165) is 24.6 Å². The van der Waals surface area contributed by atoms with Crippen molar-refractivity contribution in [3.05, 3.63) is 78.0 Å². The van der Waals surface area contributed by atoms with Crippen LogP contribution in [0.15, 0.2) is 72.4 Å². The van der Waals surface area contributed by atoms with Crippen LogP contribution in [-0.4, -0.2) is 11.0 Å². The first-order valence-electron chi connectivity index (χ1n) is 9.60. The number of benzene rings is 3. The predicted octanol–water partition coefficient (Wildman–Crippen LogP) is 5.35. The van der Waals surface area contributed by atoms with E-state index in [1.54, 1.807) is 18.2 Å². The first-order chi connectivity index (χ1) is 14.1. The van der Waals surface area contributed by atoms with Crippen molar-refractivity contribution < 1.29 is 9.90 Å². The third-order valence-corrected chi connectivity index (χ3v) is 4.67. The summed E-state index contributed by atoms with van der Waals surface area (Å²) in [6, 6.07) is 20.2. The zero-order valence-electron chi connectivity index (χ0n) is 16.3. The van der Waals surface area contributed by atoms with Crippen LogP contribution >= 0.6 is 0 Å². The van der Waals surface area contributed by atoms with Crippen LogP contribution in [0.4, 0.5) is 11.4 Å². The number of rotatable bonds is 7. The Morgan fingerprint density at radius 2 is 1.79 bits per heavy atom. The maximum atomic E-state index is 12.5. The number of phenolic OH excluding ortho intramolecular Hbond substituents is 1. The lowest BCUT2D eigenvalue weighted by molar-refractivity contribution is -0.112. The Labute approximate surface area is 170 Å². The van der Waals surface area contributed by atoms with Gasteiger partial charge >= 0.3 is 0 Å². The van der Waals surface area contributed by atoms with Crippen LogP contribution < -0.4 is 10.6 Å². The molecule has 0 aliphatic carbocycles. The molecule has 0 aliphatic heterocycles. The number of nitrogens with zero attached hydrogens (tertiary/aromatic N) is 1. The number of aromatic hydroxyl groups is 1. The molecule has 3 rings (SSSR count). The number of amides is 1. The molecule has 0 spiro atoms. The van der Waals surface area contributed by atoms with Crippen molar-refractivity contribution in [3.63, 3.8) is 0 Å². The van der Waals surface area contributed by atoms with Gasteiger partial charge in [-0.05, 0) is 42.7 Å². The second-order valence-corrected chi connectivity index (χ2v) is 6.75. The van der Waals surface area contributed by atoms with Gasteiger partial charge < -0.3 is 15.7 Å². The number of hydrogen-bond donors (Lipinski definition) is 3. The molecular formula is C24H23N3O2. The van der Waals surface area contributed by atoms with Gasteiger partial charge in [0.05, 0.1) is 0 Å². The average Bonchev–Trinajstić information content (AvgIpc) is 2.74. The Balaban J connectivity index is 1.72. The van der Waals surface area contributed by atoms with E-state index in [9.17, 15) is 15.2 Å². The van der Waals surface area contributed by atoms with Gasteiger partial charge in [-0.3, -0.25) is 4.79 Å². The highest BCUT2D eigenvalue weighted by Gasteiger charge is 2.10. The van der Waals surface area contributed by atoms with Crippen molar-refractivity contribution in [3.8, 4) is 11.8 Å². The average molecular weight is 385 g/mol. The third-order valence-electron chi connectivity index (χ3n) is 4.67.